The third-order valence-corrected chi connectivity index (χ3v) is 13.2. The topological polar surface area (TPSA) is 116 Å². The number of aryl methyl sites for hydroxylation is 4. The van der Waals surface area contributed by atoms with Gasteiger partial charge in [-0.3, -0.25) is 15.0 Å². The zero-order valence-electron chi connectivity index (χ0n) is 44.3. The van der Waals surface area contributed by atoms with E-state index in [4.69, 9.17) is 39.6 Å². The van der Waals surface area contributed by atoms with Crippen LogP contribution < -0.4 is 0 Å². The van der Waals surface area contributed by atoms with Crippen LogP contribution >= 0.6 is 41.6 Å². The number of aromatic nitrogens is 9. The minimum atomic E-state index is 0.600. The zero-order valence-corrected chi connectivity index (χ0v) is 51.2. The van der Waals surface area contributed by atoms with Crippen molar-refractivity contribution in [1.82, 2.24) is 44.9 Å². The van der Waals surface area contributed by atoms with Crippen LogP contribution in [0, 0.1) is 33.8 Å². The Morgan fingerprint density at radius 2 is 0.600 bits per heavy atom. The molecule has 0 saturated carbocycles. The van der Waals surface area contributed by atoms with Gasteiger partial charge in [-0.15, -0.1) is 5.56 Å². The maximum Gasteiger partial charge on any atom is 0.0461 e. The predicted octanol–water partition coefficient (Wildman–Crippen LogP) is 17.9. The predicted molar refractivity (Wildman–Crippen MR) is 327 cm³/mol. The first kappa shape index (κ1) is 56.6. The summed E-state index contributed by atoms with van der Waals surface area (Å²) in [6, 6.07) is 73.7. The Labute approximate surface area is 497 Å². The van der Waals surface area contributed by atoms with Crippen LogP contribution in [0.5, 0.6) is 0 Å². The monoisotopic (exact) mass is 1240 g/mol. The maximum atomic E-state index is 4.97. The third-order valence-electron chi connectivity index (χ3n) is 12.3. The van der Waals surface area contributed by atoms with Crippen molar-refractivity contribution in [2.24, 2.45) is 0 Å². The van der Waals surface area contributed by atoms with Crippen molar-refractivity contribution in [2.75, 3.05) is 0 Å². The summed E-state index contributed by atoms with van der Waals surface area (Å²) in [5.74, 6) is 3.85. The van der Waals surface area contributed by atoms with E-state index in [1.54, 1.807) is 18.6 Å². The minimum Gasteiger partial charge on any atom is -0.258 e. The van der Waals surface area contributed by atoms with E-state index in [0.717, 1.165) is 105 Å². The molecule has 0 amide bonds. The first-order valence-corrected chi connectivity index (χ1v) is 30.9. The van der Waals surface area contributed by atoms with E-state index in [0.29, 0.717) is 34.9 Å². The van der Waals surface area contributed by atoms with Crippen molar-refractivity contribution in [3.05, 3.63) is 268 Å². The molecule has 9 nitrogen and oxygen atoms in total. The van der Waals surface area contributed by atoms with Crippen molar-refractivity contribution >= 4 is 41.6 Å². The zero-order chi connectivity index (χ0) is 55.8. The molecule has 386 valence electrons. The van der Waals surface area contributed by atoms with E-state index in [-0.39, 0.29) is 0 Å². The number of nitrogens with zero attached hydrogens (tertiary/aromatic N) is 9. The van der Waals surface area contributed by atoms with Gasteiger partial charge in [0, 0.05) is 77.7 Å². The second-order valence-corrected chi connectivity index (χ2v) is 20.3. The molecule has 0 saturated heterocycles. The summed E-state index contributed by atoms with van der Waals surface area (Å²) in [5.41, 5.74) is 16.1. The van der Waals surface area contributed by atoms with Crippen LogP contribution in [0.25, 0.3) is 102 Å². The summed E-state index contributed by atoms with van der Waals surface area (Å²) < 4.78 is 1.93. The molecule has 7 aromatic carbocycles. The number of benzene rings is 7. The number of hydrogen-bond donors (Lipinski definition) is 0. The molecule has 0 spiro atoms. The molecule has 0 bridgehead atoms. The van der Waals surface area contributed by atoms with Crippen LogP contribution in [-0.4, -0.2) is 44.9 Å². The van der Waals surface area contributed by atoms with Gasteiger partial charge in [-0.05, 0) is 125 Å². The molecule has 12 rings (SSSR count). The molecule has 80 heavy (non-hydrogen) atoms. The van der Waals surface area contributed by atoms with E-state index in [1.807, 2.05) is 146 Å². The van der Waals surface area contributed by atoms with Crippen LogP contribution in [-0.2, 0) is 17.3 Å². The average Bonchev–Trinajstić information content (AvgIpc) is 3.50. The van der Waals surface area contributed by atoms with Crippen LogP contribution in [0.2, 0.25) is 0 Å². The van der Waals surface area contributed by atoms with Crippen LogP contribution in [0.1, 0.15) is 22.3 Å². The fraction of sp³-hybridized carbons (Fsp3) is 0.0597. The van der Waals surface area contributed by atoms with E-state index in [9.17, 15) is 0 Å². The molecular formula is C67H50Br2ClN9Zn. The SMILES string of the molecule is Cc1cccc(-c2nc(-c3cccc(C)c3)nc(-c3cc(-c4ccccn4)cc(-c4ccccn4)c3)n2)c1.Cc1cccc(-c2nc(-c3cccc(C)c3)nc(-c3cc(Br)cc(Br)c3)n2)c1.[Cl][Zn+].[c-]1ccc(-c2ccccn2)cc1. The molecule has 0 atom stereocenters. The molecule has 0 N–H and O–H groups in total. The van der Waals surface area contributed by atoms with E-state index < -0.39 is 0 Å². The Hall–Kier alpha value is -8.12. The Kier molecular flexibility index (Phi) is 19.6. The third kappa shape index (κ3) is 15.2. The Balaban J connectivity index is 0.000000161. The fourth-order valence-electron chi connectivity index (χ4n) is 8.56. The van der Waals surface area contributed by atoms with E-state index in [2.05, 4.69) is 147 Å². The smallest absolute Gasteiger partial charge is 0.0461 e. The van der Waals surface area contributed by atoms with E-state index in [1.165, 1.54) is 11.1 Å². The molecule has 13 heteroatoms. The van der Waals surface area contributed by atoms with Gasteiger partial charge in [0.1, 0.15) is 0 Å². The largest absolute Gasteiger partial charge is 0.258 e. The van der Waals surface area contributed by atoms with Gasteiger partial charge in [0.05, 0.1) is 11.4 Å². The van der Waals surface area contributed by atoms with Crippen LogP contribution in [0.15, 0.2) is 240 Å². The van der Waals surface area contributed by atoms with Gasteiger partial charge in [0.25, 0.3) is 0 Å². The average molecular weight is 1240 g/mol. The van der Waals surface area contributed by atoms with Gasteiger partial charge in [-0.2, -0.15) is 30.3 Å². The fourth-order valence-corrected chi connectivity index (χ4v) is 9.85. The van der Waals surface area contributed by atoms with Crippen molar-refractivity contribution in [3.63, 3.8) is 0 Å². The van der Waals surface area contributed by atoms with E-state index >= 15 is 0 Å². The standard InChI is InChI=1S/C33H25N5.C23H17Br2N3.C11H8N.ClH.Zn/c1-22-9-7-11-24(17-22)31-36-32(25-12-8-10-23(2)18-25)38-33(37-31)28-20-26(29-13-3-5-15-34-29)19-27(21-28)30-14-4-6-16-35-30;1-14-5-3-7-16(9-14)21-26-22(17-8-4-6-15(2)10-17)28-23(27-21)18-11-19(24)13-20(25)12-18;1-2-6-10(7-3-1)11-8-4-5-9-12-11;;/h3-21H,1-2H3;3-13H,1-2H3;2-9H;1H;/q;;-1;;+2/p-1. The van der Waals surface area contributed by atoms with Crippen LogP contribution in [0.4, 0.5) is 0 Å². The second-order valence-electron chi connectivity index (χ2n) is 18.5. The van der Waals surface area contributed by atoms with Crippen molar-refractivity contribution in [1.29, 1.82) is 0 Å². The Bertz CT molecular complexity index is 3770. The molecule has 5 heterocycles. The molecule has 0 aliphatic carbocycles. The number of pyridine rings is 3. The molecule has 0 radical (unpaired) electrons. The summed E-state index contributed by atoms with van der Waals surface area (Å²) in [6.07, 6.45) is 5.40. The Morgan fingerprint density at radius 3 is 0.912 bits per heavy atom. The maximum absolute atomic E-state index is 4.97. The molecule has 0 fully saturated rings. The van der Waals surface area contributed by atoms with Crippen molar-refractivity contribution in [3.8, 4) is 102 Å². The molecule has 0 aliphatic heterocycles. The van der Waals surface area contributed by atoms with Gasteiger partial charge in [-0.25, -0.2) is 29.9 Å². The molecule has 0 aliphatic rings. The second kappa shape index (κ2) is 27.7. The molecular weight excluding hydrogens is 1190 g/mol. The van der Waals surface area contributed by atoms with Crippen LogP contribution in [0.3, 0.4) is 0 Å². The quantitative estimate of drug-likeness (QED) is 0.103. The molecule has 12 aromatic rings. The van der Waals surface area contributed by atoms with Gasteiger partial charge in [0.2, 0.25) is 0 Å². The first-order chi connectivity index (χ1) is 39.1. The van der Waals surface area contributed by atoms with Gasteiger partial charge in [-0.1, -0.05) is 145 Å². The van der Waals surface area contributed by atoms with Gasteiger partial charge < -0.3 is 0 Å². The normalized spacial score (nSPS) is 10.5. The van der Waals surface area contributed by atoms with Gasteiger partial charge >= 0.3 is 27.0 Å². The van der Waals surface area contributed by atoms with Crippen molar-refractivity contribution < 1.29 is 17.3 Å². The minimum absolute atomic E-state index is 0.600. The number of halogens is 3. The summed E-state index contributed by atoms with van der Waals surface area (Å²) in [5, 5.41) is 0. The molecule has 5 aromatic heterocycles. The number of rotatable bonds is 9. The number of hydrogen-bond acceptors (Lipinski definition) is 9. The summed E-state index contributed by atoms with van der Waals surface area (Å²) >= 11 is 7.96. The summed E-state index contributed by atoms with van der Waals surface area (Å²) in [6.45, 7) is 8.28. The summed E-state index contributed by atoms with van der Waals surface area (Å²) in [7, 11) is 4.76. The summed E-state index contributed by atoms with van der Waals surface area (Å²) in [4.78, 5) is 42.6. The first-order valence-electron chi connectivity index (χ1n) is 25.5. The van der Waals surface area contributed by atoms with Gasteiger partial charge in [0.15, 0.2) is 34.9 Å². The molecule has 0 unspecified atom stereocenters. The Morgan fingerprint density at radius 1 is 0.300 bits per heavy atom. The van der Waals surface area contributed by atoms with Crippen molar-refractivity contribution in [2.45, 2.75) is 27.7 Å².